The molecule has 1 aliphatic heterocycles. The summed E-state index contributed by atoms with van der Waals surface area (Å²) in [6, 6.07) is 17.1. The van der Waals surface area contributed by atoms with Gasteiger partial charge in [0.25, 0.3) is 5.91 Å². The van der Waals surface area contributed by atoms with Gasteiger partial charge in [0.2, 0.25) is 5.91 Å². The van der Waals surface area contributed by atoms with Crippen LogP contribution in [0.15, 0.2) is 60.3 Å². The predicted octanol–water partition coefficient (Wildman–Crippen LogP) is 5.06. The third-order valence-corrected chi connectivity index (χ3v) is 6.15. The molecule has 4 amide bonds. The van der Waals surface area contributed by atoms with Crippen molar-refractivity contribution in [3.8, 4) is 5.69 Å². The Morgan fingerprint density at radius 2 is 1.74 bits per heavy atom. The molecular formula is C28H30N4O3. The number of nitrogens with zero attached hydrogens (tertiary/aromatic N) is 2. The minimum Gasteiger partial charge on any atom is -0.325 e. The van der Waals surface area contributed by atoms with Gasteiger partial charge in [-0.05, 0) is 79.8 Å². The number of hydrogen-bond donors (Lipinski definition) is 2. The van der Waals surface area contributed by atoms with E-state index in [4.69, 9.17) is 0 Å². The SMILES string of the molecule is Cc1cccc(NC(=O)CN2C(=O)N/C(=C/c3cc(C)n(-c4ccc(C(C)C)cc4)c3C)C2=O)c1. The Labute approximate surface area is 205 Å². The molecular weight excluding hydrogens is 440 g/mol. The van der Waals surface area contributed by atoms with Crippen LogP contribution in [-0.4, -0.2) is 33.9 Å². The van der Waals surface area contributed by atoms with Crippen LogP contribution in [0.1, 0.15) is 47.8 Å². The first-order chi connectivity index (χ1) is 16.6. The lowest BCUT2D eigenvalue weighted by Crippen LogP contribution is -2.38. The van der Waals surface area contributed by atoms with E-state index in [1.165, 1.54) is 5.56 Å². The standard InChI is InChI=1S/C28H30N4O3/c1-17(2)21-9-11-24(12-10-21)32-19(4)14-22(20(32)5)15-25-27(34)31(28(35)30-25)16-26(33)29-23-8-6-7-18(3)13-23/h6-15,17H,16H2,1-5H3,(H,29,33)(H,30,35)/b25-15+. The highest BCUT2D eigenvalue weighted by atomic mass is 16.2. The van der Waals surface area contributed by atoms with E-state index in [-0.39, 0.29) is 12.2 Å². The summed E-state index contributed by atoms with van der Waals surface area (Å²) in [4.78, 5) is 38.8. The van der Waals surface area contributed by atoms with Crippen LogP contribution in [0.2, 0.25) is 0 Å². The zero-order valence-corrected chi connectivity index (χ0v) is 20.7. The number of anilines is 1. The van der Waals surface area contributed by atoms with Crippen molar-refractivity contribution >= 4 is 29.6 Å². The van der Waals surface area contributed by atoms with Crippen LogP contribution in [0, 0.1) is 20.8 Å². The van der Waals surface area contributed by atoms with Gasteiger partial charge in [0.1, 0.15) is 12.2 Å². The highest BCUT2D eigenvalue weighted by Crippen LogP contribution is 2.25. The van der Waals surface area contributed by atoms with Gasteiger partial charge in [-0.15, -0.1) is 0 Å². The van der Waals surface area contributed by atoms with Crippen molar-refractivity contribution < 1.29 is 14.4 Å². The van der Waals surface area contributed by atoms with Crippen molar-refractivity contribution in [2.75, 3.05) is 11.9 Å². The molecule has 4 rings (SSSR count). The Balaban J connectivity index is 1.52. The van der Waals surface area contributed by atoms with E-state index in [1.54, 1.807) is 12.1 Å². The number of aromatic nitrogens is 1. The number of carbonyl (C=O) groups excluding carboxylic acids is 3. The van der Waals surface area contributed by atoms with Crippen LogP contribution in [0.5, 0.6) is 0 Å². The lowest BCUT2D eigenvalue weighted by molar-refractivity contribution is -0.127. The Kier molecular flexibility index (Phi) is 6.60. The van der Waals surface area contributed by atoms with E-state index >= 15 is 0 Å². The van der Waals surface area contributed by atoms with E-state index in [2.05, 4.69) is 53.3 Å². The van der Waals surface area contributed by atoms with Crippen molar-refractivity contribution in [3.63, 3.8) is 0 Å². The molecule has 0 spiro atoms. The van der Waals surface area contributed by atoms with Gasteiger partial charge in [0, 0.05) is 22.8 Å². The number of nitrogens with one attached hydrogen (secondary N) is 2. The average Bonchev–Trinajstić information content (AvgIpc) is 3.23. The number of urea groups is 1. The molecule has 2 heterocycles. The summed E-state index contributed by atoms with van der Waals surface area (Å²) in [5.74, 6) is -0.515. The van der Waals surface area contributed by atoms with E-state index in [9.17, 15) is 14.4 Å². The Morgan fingerprint density at radius 1 is 1.03 bits per heavy atom. The molecule has 2 N–H and O–H groups in total. The van der Waals surface area contributed by atoms with Gasteiger partial charge >= 0.3 is 6.03 Å². The van der Waals surface area contributed by atoms with Crippen molar-refractivity contribution in [3.05, 3.63) is 88.4 Å². The van der Waals surface area contributed by atoms with Crippen LogP contribution in [-0.2, 0) is 9.59 Å². The molecule has 180 valence electrons. The Hall–Kier alpha value is -4.13. The lowest BCUT2D eigenvalue weighted by atomic mass is 10.0. The number of benzene rings is 2. The number of imide groups is 1. The molecule has 0 unspecified atom stereocenters. The fraction of sp³-hybridized carbons (Fsp3) is 0.250. The zero-order chi connectivity index (χ0) is 25.3. The number of rotatable bonds is 6. The van der Waals surface area contributed by atoms with Gasteiger partial charge in [-0.2, -0.15) is 0 Å². The van der Waals surface area contributed by atoms with E-state index < -0.39 is 17.8 Å². The zero-order valence-electron chi connectivity index (χ0n) is 20.7. The molecule has 1 aliphatic rings. The molecule has 3 aromatic rings. The van der Waals surface area contributed by atoms with Gasteiger partial charge in [0.05, 0.1) is 0 Å². The number of amides is 4. The molecule has 0 atom stereocenters. The minimum atomic E-state index is -0.612. The third-order valence-electron chi connectivity index (χ3n) is 6.15. The number of aryl methyl sites for hydroxylation is 2. The third kappa shape index (κ3) is 5.04. The maximum absolute atomic E-state index is 12.9. The fourth-order valence-electron chi connectivity index (χ4n) is 4.28. The molecule has 7 heteroatoms. The van der Waals surface area contributed by atoms with Gasteiger partial charge in [-0.3, -0.25) is 9.59 Å². The van der Waals surface area contributed by atoms with Gasteiger partial charge in [-0.25, -0.2) is 9.69 Å². The summed E-state index contributed by atoms with van der Waals surface area (Å²) in [5, 5.41) is 5.33. The summed E-state index contributed by atoms with van der Waals surface area (Å²) >= 11 is 0. The first-order valence-electron chi connectivity index (χ1n) is 11.6. The van der Waals surface area contributed by atoms with Crippen molar-refractivity contribution in [1.29, 1.82) is 0 Å². The molecule has 1 aromatic heterocycles. The summed E-state index contributed by atoms with van der Waals surface area (Å²) in [7, 11) is 0. The highest BCUT2D eigenvalue weighted by molar-refractivity contribution is 6.16. The van der Waals surface area contributed by atoms with Crippen LogP contribution in [0.4, 0.5) is 10.5 Å². The second-order valence-electron chi connectivity index (χ2n) is 9.21. The molecule has 1 fully saturated rings. The molecule has 0 saturated carbocycles. The largest absolute Gasteiger partial charge is 0.329 e. The maximum Gasteiger partial charge on any atom is 0.329 e. The van der Waals surface area contributed by atoms with Crippen molar-refractivity contribution in [1.82, 2.24) is 14.8 Å². The quantitative estimate of drug-likeness (QED) is 0.390. The Morgan fingerprint density at radius 3 is 2.40 bits per heavy atom. The molecule has 7 nitrogen and oxygen atoms in total. The summed E-state index contributed by atoms with van der Waals surface area (Å²) in [6.07, 6.45) is 1.67. The van der Waals surface area contributed by atoms with Crippen LogP contribution in [0.3, 0.4) is 0 Å². The molecule has 0 aliphatic carbocycles. The van der Waals surface area contributed by atoms with E-state index in [0.717, 1.165) is 33.1 Å². The summed E-state index contributed by atoms with van der Waals surface area (Å²) in [5.41, 5.74) is 6.85. The van der Waals surface area contributed by atoms with E-state index in [1.807, 2.05) is 45.0 Å². The normalized spacial score (nSPS) is 14.7. The predicted molar refractivity (Wildman–Crippen MR) is 137 cm³/mol. The van der Waals surface area contributed by atoms with Crippen molar-refractivity contribution in [2.24, 2.45) is 0 Å². The number of carbonyl (C=O) groups is 3. The molecule has 1 saturated heterocycles. The highest BCUT2D eigenvalue weighted by Gasteiger charge is 2.35. The van der Waals surface area contributed by atoms with Gasteiger partial charge in [-0.1, -0.05) is 38.1 Å². The smallest absolute Gasteiger partial charge is 0.325 e. The molecule has 0 radical (unpaired) electrons. The van der Waals surface area contributed by atoms with Crippen LogP contribution >= 0.6 is 0 Å². The first-order valence-corrected chi connectivity index (χ1v) is 11.6. The second kappa shape index (κ2) is 9.62. The van der Waals surface area contributed by atoms with Gasteiger partial charge < -0.3 is 15.2 Å². The van der Waals surface area contributed by atoms with Gasteiger partial charge in [0.15, 0.2) is 0 Å². The van der Waals surface area contributed by atoms with E-state index in [0.29, 0.717) is 11.6 Å². The topological polar surface area (TPSA) is 83.4 Å². The van der Waals surface area contributed by atoms with Crippen LogP contribution in [0.25, 0.3) is 11.8 Å². The second-order valence-corrected chi connectivity index (χ2v) is 9.21. The molecule has 35 heavy (non-hydrogen) atoms. The Bertz CT molecular complexity index is 1330. The minimum absolute atomic E-state index is 0.147. The van der Waals surface area contributed by atoms with Crippen molar-refractivity contribution in [2.45, 2.75) is 40.5 Å². The molecule has 0 bridgehead atoms. The lowest BCUT2D eigenvalue weighted by Gasteiger charge is -2.12. The summed E-state index contributed by atoms with van der Waals surface area (Å²) in [6.45, 7) is 9.85. The maximum atomic E-state index is 12.9. The average molecular weight is 471 g/mol. The summed E-state index contributed by atoms with van der Waals surface area (Å²) < 4.78 is 2.12. The van der Waals surface area contributed by atoms with Crippen LogP contribution < -0.4 is 10.6 Å². The molecule has 2 aromatic carbocycles. The fourth-order valence-corrected chi connectivity index (χ4v) is 4.28. The first kappa shape index (κ1) is 24.0. The monoisotopic (exact) mass is 470 g/mol. The number of hydrogen-bond acceptors (Lipinski definition) is 3.